The molecule has 0 bridgehead atoms. The van der Waals surface area contributed by atoms with E-state index in [1.165, 1.54) is 18.4 Å². The fraction of sp³-hybridized carbons (Fsp3) is 0.0667. The van der Waals surface area contributed by atoms with Crippen molar-refractivity contribution < 1.29 is 14.3 Å². The third-order valence-electron chi connectivity index (χ3n) is 3.10. The maximum atomic E-state index is 12.3. The van der Waals surface area contributed by atoms with E-state index in [0.29, 0.717) is 16.1 Å². The third kappa shape index (κ3) is 2.53. The first-order valence-electron chi connectivity index (χ1n) is 6.23. The van der Waals surface area contributed by atoms with Crippen molar-refractivity contribution in [3.05, 3.63) is 52.3 Å². The van der Waals surface area contributed by atoms with E-state index < -0.39 is 5.97 Å². The smallest absolute Gasteiger partial charge is 0.350 e. The van der Waals surface area contributed by atoms with Gasteiger partial charge in [0.05, 0.1) is 12.8 Å². The summed E-state index contributed by atoms with van der Waals surface area (Å²) >= 11 is 1.23. The zero-order valence-electron chi connectivity index (χ0n) is 11.2. The monoisotopic (exact) mass is 300 g/mol. The maximum absolute atomic E-state index is 12.3. The number of rotatable bonds is 3. The zero-order chi connectivity index (χ0) is 14.8. The number of thiophene rings is 1. The van der Waals surface area contributed by atoms with Crippen LogP contribution in [0.5, 0.6) is 0 Å². The van der Waals surface area contributed by atoms with Gasteiger partial charge in [-0.15, -0.1) is 11.3 Å². The van der Waals surface area contributed by atoms with Gasteiger partial charge in [0.2, 0.25) is 0 Å². The summed E-state index contributed by atoms with van der Waals surface area (Å²) in [5.41, 5.74) is 1.97. The predicted octanol–water partition coefficient (Wildman–Crippen LogP) is 3.27. The predicted molar refractivity (Wildman–Crippen MR) is 81.9 cm³/mol. The minimum atomic E-state index is -0.457. The largest absolute Gasteiger partial charge is 0.465 e. The van der Waals surface area contributed by atoms with E-state index in [1.54, 1.807) is 23.6 Å². The summed E-state index contributed by atoms with van der Waals surface area (Å²) in [4.78, 5) is 27.3. The maximum Gasteiger partial charge on any atom is 0.350 e. The first-order valence-corrected chi connectivity index (χ1v) is 7.11. The molecule has 2 N–H and O–H groups in total. The lowest BCUT2D eigenvalue weighted by atomic mass is 10.1. The number of benzene rings is 1. The van der Waals surface area contributed by atoms with Gasteiger partial charge >= 0.3 is 5.97 Å². The molecule has 1 aromatic carbocycles. The van der Waals surface area contributed by atoms with E-state index in [1.807, 2.05) is 18.3 Å². The van der Waals surface area contributed by atoms with Gasteiger partial charge in [0.1, 0.15) is 4.88 Å². The van der Waals surface area contributed by atoms with Crippen molar-refractivity contribution in [2.45, 2.75) is 0 Å². The number of aromatic amines is 1. The molecule has 0 aliphatic rings. The number of fused-ring (bicyclic) bond motifs is 1. The Morgan fingerprint density at radius 1 is 1.24 bits per heavy atom. The van der Waals surface area contributed by atoms with E-state index in [-0.39, 0.29) is 5.91 Å². The summed E-state index contributed by atoms with van der Waals surface area (Å²) in [5, 5.41) is 5.43. The number of amides is 1. The normalized spacial score (nSPS) is 10.5. The van der Waals surface area contributed by atoms with Crippen LogP contribution in [0.3, 0.4) is 0 Å². The molecule has 5 nitrogen and oxygen atoms in total. The van der Waals surface area contributed by atoms with Gasteiger partial charge in [-0.2, -0.15) is 0 Å². The molecule has 6 heteroatoms. The van der Waals surface area contributed by atoms with Crippen LogP contribution in [0.1, 0.15) is 20.0 Å². The third-order valence-corrected chi connectivity index (χ3v) is 3.99. The molecule has 0 saturated heterocycles. The average molecular weight is 300 g/mol. The van der Waals surface area contributed by atoms with Crippen molar-refractivity contribution in [1.29, 1.82) is 0 Å². The second-order valence-electron chi connectivity index (χ2n) is 4.39. The average Bonchev–Trinajstić information content (AvgIpc) is 3.14. The minimum absolute atomic E-state index is 0.262. The Labute approximate surface area is 124 Å². The van der Waals surface area contributed by atoms with E-state index >= 15 is 0 Å². The molecule has 0 saturated carbocycles. The molecule has 0 aliphatic heterocycles. The second-order valence-corrected chi connectivity index (χ2v) is 5.30. The Hall–Kier alpha value is -2.60. The summed E-state index contributed by atoms with van der Waals surface area (Å²) in [7, 11) is 1.31. The van der Waals surface area contributed by atoms with Crippen molar-refractivity contribution >= 4 is 39.8 Å². The number of carbonyl (C=O) groups excluding carboxylic acids is 2. The topological polar surface area (TPSA) is 71.2 Å². The summed E-state index contributed by atoms with van der Waals surface area (Å²) in [6, 6.07) is 8.96. The van der Waals surface area contributed by atoms with E-state index in [4.69, 9.17) is 0 Å². The van der Waals surface area contributed by atoms with Crippen LogP contribution in [-0.4, -0.2) is 24.0 Å². The van der Waals surface area contributed by atoms with E-state index in [0.717, 1.165) is 10.9 Å². The van der Waals surface area contributed by atoms with Crippen molar-refractivity contribution in [3.63, 3.8) is 0 Å². The van der Waals surface area contributed by atoms with Gasteiger partial charge in [-0.1, -0.05) is 0 Å². The first-order chi connectivity index (χ1) is 10.2. The lowest BCUT2D eigenvalue weighted by molar-refractivity contribution is 0.0607. The molecule has 3 rings (SSSR count). The van der Waals surface area contributed by atoms with Crippen LogP contribution in [0.25, 0.3) is 10.9 Å². The SMILES string of the molecule is COC(=O)c1sccc1NC(=O)c1ccc2[nH]ccc2c1. The van der Waals surface area contributed by atoms with Gasteiger partial charge in [-0.25, -0.2) is 4.79 Å². The molecule has 0 spiro atoms. The lowest BCUT2D eigenvalue weighted by Crippen LogP contribution is -2.13. The Morgan fingerprint density at radius 2 is 2.10 bits per heavy atom. The highest BCUT2D eigenvalue weighted by Crippen LogP contribution is 2.24. The minimum Gasteiger partial charge on any atom is -0.465 e. The molecular weight excluding hydrogens is 288 g/mol. The van der Waals surface area contributed by atoms with Gasteiger partial charge in [0, 0.05) is 22.7 Å². The van der Waals surface area contributed by atoms with Crippen LogP contribution in [-0.2, 0) is 4.74 Å². The van der Waals surface area contributed by atoms with Crippen LogP contribution >= 0.6 is 11.3 Å². The molecule has 0 unspecified atom stereocenters. The van der Waals surface area contributed by atoms with Crippen LogP contribution in [0, 0.1) is 0 Å². The number of methoxy groups -OCH3 is 1. The summed E-state index contributed by atoms with van der Waals surface area (Å²) in [6.45, 7) is 0. The molecule has 2 aromatic heterocycles. The fourth-order valence-corrected chi connectivity index (χ4v) is 2.81. The van der Waals surface area contributed by atoms with Crippen LogP contribution in [0.2, 0.25) is 0 Å². The first kappa shape index (κ1) is 13.4. The molecule has 3 aromatic rings. The Morgan fingerprint density at radius 3 is 2.90 bits per heavy atom. The number of nitrogens with one attached hydrogen (secondary N) is 2. The van der Waals surface area contributed by atoms with Gasteiger partial charge in [0.25, 0.3) is 5.91 Å². The van der Waals surface area contributed by atoms with Crippen molar-refractivity contribution in [3.8, 4) is 0 Å². The molecule has 0 fully saturated rings. The van der Waals surface area contributed by atoms with Crippen LogP contribution in [0.4, 0.5) is 5.69 Å². The lowest BCUT2D eigenvalue weighted by Gasteiger charge is -2.05. The number of ether oxygens (including phenoxy) is 1. The molecule has 2 heterocycles. The second kappa shape index (κ2) is 5.41. The Bertz CT molecular complexity index is 819. The van der Waals surface area contributed by atoms with E-state index in [2.05, 4.69) is 15.0 Å². The summed E-state index contributed by atoms with van der Waals surface area (Å²) in [6.07, 6.45) is 1.82. The van der Waals surface area contributed by atoms with Crippen LogP contribution < -0.4 is 5.32 Å². The Kier molecular flexibility index (Phi) is 3.45. The number of anilines is 1. The number of hydrogen-bond acceptors (Lipinski definition) is 4. The number of esters is 1. The highest BCUT2D eigenvalue weighted by molar-refractivity contribution is 7.12. The van der Waals surface area contributed by atoms with Crippen LogP contribution in [0.15, 0.2) is 41.9 Å². The summed E-state index contributed by atoms with van der Waals surface area (Å²) < 4.78 is 4.69. The number of hydrogen-bond donors (Lipinski definition) is 2. The quantitative estimate of drug-likeness (QED) is 0.729. The molecule has 21 heavy (non-hydrogen) atoms. The molecule has 1 amide bonds. The number of carbonyl (C=O) groups is 2. The zero-order valence-corrected chi connectivity index (χ0v) is 12.0. The molecule has 106 valence electrons. The summed E-state index contributed by atoms with van der Waals surface area (Å²) in [5.74, 6) is -0.719. The van der Waals surface area contributed by atoms with E-state index in [9.17, 15) is 9.59 Å². The van der Waals surface area contributed by atoms with Gasteiger partial charge in [0.15, 0.2) is 0 Å². The highest BCUT2D eigenvalue weighted by atomic mass is 32.1. The Balaban J connectivity index is 1.86. The number of H-pyrrole nitrogens is 1. The molecule has 0 radical (unpaired) electrons. The highest BCUT2D eigenvalue weighted by Gasteiger charge is 2.16. The molecule has 0 aliphatic carbocycles. The standard InChI is InChI=1S/C15H12N2O3S/c1-20-15(19)13-12(5-7-21-13)17-14(18)10-2-3-11-9(8-10)4-6-16-11/h2-8,16H,1H3,(H,17,18). The number of aromatic nitrogens is 1. The van der Waals surface area contributed by atoms with Gasteiger partial charge < -0.3 is 15.0 Å². The molecule has 0 atom stereocenters. The fourth-order valence-electron chi connectivity index (χ4n) is 2.05. The molecular formula is C15H12N2O3S. The van der Waals surface area contributed by atoms with Crippen molar-refractivity contribution in [2.75, 3.05) is 12.4 Å². The van der Waals surface area contributed by atoms with Gasteiger partial charge in [-0.3, -0.25) is 4.79 Å². The van der Waals surface area contributed by atoms with Crippen molar-refractivity contribution in [1.82, 2.24) is 4.98 Å². The van der Waals surface area contributed by atoms with Gasteiger partial charge in [-0.05, 0) is 35.7 Å². The van der Waals surface area contributed by atoms with Crippen molar-refractivity contribution in [2.24, 2.45) is 0 Å².